The van der Waals surface area contributed by atoms with Gasteiger partial charge in [0.05, 0.1) is 6.61 Å². The van der Waals surface area contributed by atoms with Gasteiger partial charge in [-0.3, -0.25) is 0 Å². The molecule has 0 rings (SSSR count). The van der Waals surface area contributed by atoms with Gasteiger partial charge >= 0.3 is 0 Å². The van der Waals surface area contributed by atoms with Gasteiger partial charge in [-0.25, -0.2) is 0 Å². The first kappa shape index (κ1) is 13.9. The molecule has 0 aliphatic heterocycles. The molecule has 0 saturated heterocycles. The third kappa shape index (κ3) is 8.48. The molecule has 0 atom stereocenters. The molecule has 0 spiro atoms. The van der Waals surface area contributed by atoms with Crippen LogP contribution in [0.5, 0.6) is 0 Å². The second kappa shape index (κ2) is 9.44. The van der Waals surface area contributed by atoms with Gasteiger partial charge in [0.25, 0.3) is 0 Å². The highest BCUT2D eigenvalue weighted by atomic mass is 16.5. The number of hydrogen-bond donors (Lipinski definition) is 1. The Morgan fingerprint density at radius 3 is 2.50 bits per heavy atom. The number of rotatable bonds is 9. The highest BCUT2D eigenvalue weighted by Gasteiger charge is 2.05. The number of nitrogens with zero attached hydrogens (tertiary/aromatic N) is 1. The van der Waals surface area contributed by atoms with Crippen molar-refractivity contribution in [3.05, 3.63) is 0 Å². The van der Waals surface area contributed by atoms with Crippen molar-refractivity contribution in [3.8, 4) is 0 Å². The van der Waals surface area contributed by atoms with Gasteiger partial charge in [-0.1, -0.05) is 13.8 Å². The smallest absolute Gasteiger partial charge is 0.0589 e. The predicted molar refractivity (Wildman–Crippen MR) is 61.7 cm³/mol. The normalized spacial score (nSPS) is 11.6. The molecule has 0 amide bonds. The Morgan fingerprint density at radius 2 is 2.00 bits per heavy atom. The van der Waals surface area contributed by atoms with Crippen molar-refractivity contribution >= 4 is 0 Å². The van der Waals surface area contributed by atoms with Gasteiger partial charge in [-0.15, -0.1) is 0 Å². The quantitative estimate of drug-likeness (QED) is 0.569. The first-order valence-electron chi connectivity index (χ1n) is 5.56. The summed E-state index contributed by atoms with van der Waals surface area (Å²) in [5.74, 6) is 0.737. The second-order valence-electron chi connectivity index (χ2n) is 4.14. The Morgan fingerprint density at radius 1 is 1.29 bits per heavy atom. The second-order valence-corrected chi connectivity index (χ2v) is 4.14. The zero-order valence-corrected chi connectivity index (χ0v) is 10.2. The summed E-state index contributed by atoms with van der Waals surface area (Å²) < 4.78 is 5.10. The lowest BCUT2D eigenvalue weighted by Gasteiger charge is -2.23. The summed E-state index contributed by atoms with van der Waals surface area (Å²) in [7, 11) is 3.77. The summed E-state index contributed by atoms with van der Waals surface area (Å²) in [6.45, 7) is 9.86. The zero-order chi connectivity index (χ0) is 10.8. The lowest BCUT2D eigenvalue weighted by molar-refractivity contribution is 0.139. The highest BCUT2D eigenvalue weighted by Crippen LogP contribution is 1.99. The van der Waals surface area contributed by atoms with Crippen LogP contribution < -0.4 is 5.32 Å². The fourth-order valence-corrected chi connectivity index (χ4v) is 1.51. The molecule has 0 radical (unpaired) electrons. The molecule has 0 aromatic heterocycles. The Hall–Kier alpha value is -0.120. The standard InChI is InChI=1S/C11H26N2O/c1-11(2)10-13(8-9-14-4)7-5-6-12-3/h11-12H,5-10H2,1-4H3. The fraction of sp³-hybridized carbons (Fsp3) is 1.00. The van der Waals surface area contributed by atoms with Crippen LogP contribution in [-0.4, -0.2) is 51.8 Å². The molecule has 0 fully saturated rings. The van der Waals surface area contributed by atoms with Crippen molar-refractivity contribution in [1.29, 1.82) is 0 Å². The highest BCUT2D eigenvalue weighted by molar-refractivity contribution is 4.60. The first-order chi connectivity index (χ1) is 6.70. The molecule has 0 heterocycles. The molecule has 0 bridgehead atoms. The van der Waals surface area contributed by atoms with E-state index in [1.54, 1.807) is 7.11 Å². The van der Waals surface area contributed by atoms with Crippen LogP contribution in [0.2, 0.25) is 0 Å². The minimum absolute atomic E-state index is 0.737. The molecule has 3 nitrogen and oxygen atoms in total. The van der Waals surface area contributed by atoms with Gasteiger partial charge in [0.15, 0.2) is 0 Å². The lowest BCUT2D eigenvalue weighted by Crippen LogP contribution is -2.33. The van der Waals surface area contributed by atoms with Crippen LogP contribution in [0, 0.1) is 5.92 Å². The molecule has 86 valence electrons. The fourth-order valence-electron chi connectivity index (χ4n) is 1.51. The first-order valence-corrected chi connectivity index (χ1v) is 5.56. The minimum Gasteiger partial charge on any atom is -0.383 e. The average Bonchev–Trinajstić information content (AvgIpc) is 2.13. The Bertz CT molecular complexity index is 118. The maximum Gasteiger partial charge on any atom is 0.0589 e. The van der Waals surface area contributed by atoms with Gasteiger partial charge in [0, 0.05) is 20.2 Å². The number of nitrogens with one attached hydrogen (secondary N) is 1. The molecule has 3 heteroatoms. The van der Waals surface area contributed by atoms with E-state index in [4.69, 9.17) is 4.74 Å². The molecule has 14 heavy (non-hydrogen) atoms. The predicted octanol–water partition coefficient (Wildman–Crippen LogP) is 1.20. The van der Waals surface area contributed by atoms with Crippen LogP contribution in [0.3, 0.4) is 0 Å². The zero-order valence-electron chi connectivity index (χ0n) is 10.2. The largest absolute Gasteiger partial charge is 0.383 e. The third-order valence-corrected chi connectivity index (χ3v) is 2.14. The Balaban J connectivity index is 3.61. The van der Waals surface area contributed by atoms with E-state index in [-0.39, 0.29) is 0 Å². The van der Waals surface area contributed by atoms with E-state index in [1.807, 2.05) is 7.05 Å². The Labute approximate surface area is 88.8 Å². The summed E-state index contributed by atoms with van der Waals surface area (Å²) in [5.41, 5.74) is 0. The lowest BCUT2D eigenvalue weighted by atomic mass is 10.2. The third-order valence-electron chi connectivity index (χ3n) is 2.14. The number of ether oxygens (including phenoxy) is 1. The van der Waals surface area contributed by atoms with Crippen LogP contribution in [-0.2, 0) is 4.74 Å². The molecule has 0 saturated carbocycles. The molecule has 0 unspecified atom stereocenters. The van der Waals surface area contributed by atoms with E-state index in [0.29, 0.717) is 0 Å². The maximum absolute atomic E-state index is 5.10. The van der Waals surface area contributed by atoms with Gasteiger partial charge in [-0.05, 0) is 32.5 Å². The van der Waals surface area contributed by atoms with E-state index in [2.05, 4.69) is 24.1 Å². The molecule has 1 N–H and O–H groups in total. The van der Waals surface area contributed by atoms with Gasteiger partial charge in [0.2, 0.25) is 0 Å². The van der Waals surface area contributed by atoms with Gasteiger partial charge in [-0.2, -0.15) is 0 Å². The van der Waals surface area contributed by atoms with Crippen LogP contribution in [0.4, 0.5) is 0 Å². The summed E-state index contributed by atoms with van der Waals surface area (Å²) >= 11 is 0. The van der Waals surface area contributed by atoms with E-state index in [0.717, 1.165) is 25.6 Å². The SMILES string of the molecule is CNCCCN(CCOC)CC(C)C. The number of methoxy groups -OCH3 is 1. The average molecular weight is 202 g/mol. The van der Waals surface area contributed by atoms with Gasteiger partial charge in [0.1, 0.15) is 0 Å². The van der Waals surface area contributed by atoms with Crippen molar-refractivity contribution in [2.45, 2.75) is 20.3 Å². The summed E-state index contributed by atoms with van der Waals surface area (Å²) in [5, 5.41) is 3.17. The molecular weight excluding hydrogens is 176 g/mol. The summed E-state index contributed by atoms with van der Waals surface area (Å²) in [4.78, 5) is 2.48. The van der Waals surface area contributed by atoms with Gasteiger partial charge < -0.3 is 15.0 Å². The monoisotopic (exact) mass is 202 g/mol. The molecular formula is C11H26N2O. The molecule has 0 aliphatic rings. The maximum atomic E-state index is 5.10. The van der Waals surface area contributed by atoms with Crippen LogP contribution >= 0.6 is 0 Å². The van der Waals surface area contributed by atoms with E-state index >= 15 is 0 Å². The van der Waals surface area contributed by atoms with Crippen molar-refractivity contribution in [2.24, 2.45) is 5.92 Å². The molecule has 0 aromatic carbocycles. The van der Waals surface area contributed by atoms with E-state index < -0.39 is 0 Å². The van der Waals surface area contributed by atoms with E-state index in [9.17, 15) is 0 Å². The topological polar surface area (TPSA) is 24.5 Å². The van der Waals surface area contributed by atoms with Crippen molar-refractivity contribution in [2.75, 3.05) is 46.9 Å². The van der Waals surface area contributed by atoms with E-state index in [1.165, 1.54) is 19.5 Å². The van der Waals surface area contributed by atoms with Crippen LogP contribution in [0.15, 0.2) is 0 Å². The number of hydrogen-bond acceptors (Lipinski definition) is 3. The Kier molecular flexibility index (Phi) is 9.35. The van der Waals surface area contributed by atoms with Crippen molar-refractivity contribution < 1.29 is 4.74 Å². The molecule has 0 aliphatic carbocycles. The summed E-state index contributed by atoms with van der Waals surface area (Å²) in [6.07, 6.45) is 1.22. The van der Waals surface area contributed by atoms with Crippen LogP contribution in [0.1, 0.15) is 20.3 Å². The van der Waals surface area contributed by atoms with Crippen LogP contribution in [0.25, 0.3) is 0 Å². The summed E-state index contributed by atoms with van der Waals surface area (Å²) in [6, 6.07) is 0. The minimum atomic E-state index is 0.737. The van der Waals surface area contributed by atoms with Crippen molar-refractivity contribution in [3.63, 3.8) is 0 Å². The van der Waals surface area contributed by atoms with Crippen molar-refractivity contribution in [1.82, 2.24) is 10.2 Å². The molecule has 0 aromatic rings.